The minimum Gasteiger partial charge on any atom is -0.384 e. The lowest BCUT2D eigenvalue weighted by Gasteiger charge is -2.05. The standard InChI is InChI=1S/C22H20N4O2S/c1-26-20-12-11-18(29(27,28)17-5-3-2-4-6-17)14-19(20)25-21(26)13-15-7-9-16(10-8-15)22(23)24/h2-12,14H,13H2,1H3,(H3,23,24). The second-order valence-electron chi connectivity index (χ2n) is 6.84. The van der Waals surface area contributed by atoms with Crippen LogP contribution in [0.4, 0.5) is 0 Å². The van der Waals surface area contributed by atoms with Gasteiger partial charge in [-0.15, -0.1) is 0 Å². The van der Waals surface area contributed by atoms with Crippen molar-refractivity contribution in [3.05, 3.63) is 89.7 Å². The third-order valence-corrected chi connectivity index (χ3v) is 6.70. The van der Waals surface area contributed by atoms with E-state index in [1.165, 1.54) is 0 Å². The zero-order chi connectivity index (χ0) is 20.6. The molecule has 0 radical (unpaired) electrons. The largest absolute Gasteiger partial charge is 0.384 e. The van der Waals surface area contributed by atoms with Crippen LogP contribution in [0, 0.1) is 5.41 Å². The second kappa shape index (κ2) is 7.18. The summed E-state index contributed by atoms with van der Waals surface area (Å²) in [7, 11) is -1.67. The topological polar surface area (TPSA) is 102 Å². The summed E-state index contributed by atoms with van der Waals surface area (Å²) < 4.78 is 27.7. The molecule has 1 heterocycles. The minimum atomic E-state index is -3.59. The van der Waals surface area contributed by atoms with Gasteiger partial charge >= 0.3 is 0 Å². The lowest BCUT2D eigenvalue weighted by atomic mass is 10.1. The van der Waals surface area contributed by atoms with Crippen molar-refractivity contribution < 1.29 is 8.42 Å². The highest BCUT2D eigenvalue weighted by Crippen LogP contribution is 2.25. The first kappa shape index (κ1) is 18.9. The number of hydrogen-bond acceptors (Lipinski definition) is 4. The summed E-state index contributed by atoms with van der Waals surface area (Å²) in [6.07, 6.45) is 0.587. The van der Waals surface area contributed by atoms with E-state index in [4.69, 9.17) is 11.1 Å². The Balaban J connectivity index is 1.70. The number of rotatable bonds is 5. The Morgan fingerprint density at radius 2 is 1.69 bits per heavy atom. The van der Waals surface area contributed by atoms with E-state index in [1.54, 1.807) is 48.5 Å². The molecule has 0 atom stereocenters. The molecule has 3 aromatic carbocycles. The van der Waals surface area contributed by atoms with Crippen molar-refractivity contribution in [2.24, 2.45) is 12.8 Å². The highest BCUT2D eigenvalue weighted by atomic mass is 32.2. The molecule has 0 aliphatic carbocycles. The molecule has 0 aliphatic rings. The Morgan fingerprint density at radius 1 is 1.00 bits per heavy atom. The van der Waals surface area contributed by atoms with Crippen LogP contribution in [0.1, 0.15) is 17.0 Å². The van der Waals surface area contributed by atoms with Crippen molar-refractivity contribution >= 4 is 26.7 Å². The van der Waals surface area contributed by atoms with Crippen molar-refractivity contribution in [1.82, 2.24) is 9.55 Å². The van der Waals surface area contributed by atoms with E-state index in [9.17, 15) is 8.42 Å². The average Bonchev–Trinajstić information content (AvgIpc) is 3.04. The Hall–Kier alpha value is -3.45. The first-order chi connectivity index (χ1) is 13.9. The van der Waals surface area contributed by atoms with E-state index >= 15 is 0 Å². The highest BCUT2D eigenvalue weighted by Gasteiger charge is 2.19. The molecule has 0 amide bonds. The molecule has 1 aromatic heterocycles. The predicted molar refractivity (Wildman–Crippen MR) is 113 cm³/mol. The monoisotopic (exact) mass is 404 g/mol. The Bertz CT molecular complexity index is 1310. The number of hydrogen-bond donors (Lipinski definition) is 2. The number of nitrogens with one attached hydrogen (secondary N) is 1. The number of nitrogens with zero attached hydrogens (tertiary/aromatic N) is 2. The van der Waals surface area contributed by atoms with Gasteiger partial charge in [0.15, 0.2) is 0 Å². The second-order valence-corrected chi connectivity index (χ2v) is 8.79. The number of sulfone groups is 1. The normalized spacial score (nSPS) is 11.6. The van der Waals surface area contributed by atoms with Gasteiger partial charge in [0.05, 0.1) is 20.8 Å². The molecule has 4 rings (SSSR count). The van der Waals surface area contributed by atoms with Crippen LogP contribution >= 0.6 is 0 Å². The Kier molecular flexibility index (Phi) is 4.68. The number of imidazole rings is 1. The van der Waals surface area contributed by atoms with E-state index in [0.29, 0.717) is 17.5 Å². The third-order valence-electron chi connectivity index (χ3n) is 4.94. The summed E-state index contributed by atoms with van der Waals surface area (Å²) in [4.78, 5) is 5.16. The van der Waals surface area contributed by atoms with E-state index in [0.717, 1.165) is 16.9 Å². The lowest BCUT2D eigenvalue weighted by Crippen LogP contribution is -2.10. The summed E-state index contributed by atoms with van der Waals surface area (Å²) in [6, 6.07) is 20.9. The van der Waals surface area contributed by atoms with Gasteiger partial charge in [0.25, 0.3) is 0 Å². The molecule has 3 N–H and O–H groups in total. The quantitative estimate of drug-likeness (QED) is 0.394. The van der Waals surface area contributed by atoms with Crippen molar-refractivity contribution in [3.8, 4) is 0 Å². The molecule has 146 valence electrons. The molecule has 4 aromatic rings. The fourth-order valence-corrected chi connectivity index (χ4v) is 4.58. The summed E-state index contributed by atoms with van der Waals surface area (Å²) >= 11 is 0. The fraction of sp³-hybridized carbons (Fsp3) is 0.0909. The van der Waals surface area contributed by atoms with Crippen LogP contribution in [-0.4, -0.2) is 23.8 Å². The number of benzene rings is 3. The lowest BCUT2D eigenvalue weighted by molar-refractivity contribution is 0.596. The smallest absolute Gasteiger partial charge is 0.206 e. The van der Waals surface area contributed by atoms with Crippen molar-refractivity contribution in [2.45, 2.75) is 16.2 Å². The fourth-order valence-electron chi connectivity index (χ4n) is 3.28. The summed E-state index contributed by atoms with van der Waals surface area (Å²) in [5.41, 5.74) is 8.72. The van der Waals surface area contributed by atoms with E-state index in [1.807, 2.05) is 35.9 Å². The third kappa shape index (κ3) is 3.52. The number of aryl methyl sites for hydroxylation is 1. The van der Waals surface area contributed by atoms with Crippen LogP contribution < -0.4 is 5.73 Å². The molecular weight excluding hydrogens is 384 g/mol. The molecule has 29 heavy (non-hydrogen) atoms. The number of fused-ring (bicyclic) bond motifs is 1. The van der Waals surface area contributed by atoms with Gasteiger partial charge in [-0.1, -0.05) is 42.5 Å². The zero-order valence-corrected chi connectivity index (χ0v) is 16.6. The van der Waals surface area contributed by atoms with Gasteiger partial charge in [-0.05, 0) is 35.9 Å². The molecule has 0 aliphatic heterocycles. The molecule has 6 nitrogen and oxygen atoms in total. The van der Waals surface area contributed by atoms with Crippen LogP contribution in [0.2, 0.25) is 0 Å². The summed E-state index contributed by atoms with van der Waals surface area (Å²) in [5, 5.41) is 7.48. The maximum Gasteiger partial charge on any atom is 0.206 e. The SMILES string of the molecule is Cn1c(Cc2ccc(C(=N)N)cc2)nc2cc(S(=O)(=O)c3ccccc3)ccc21. The average molecular weight is 404 g/mol. The summed E-state index contributed by atoms with van der Waals surface area (Å²) in [5.74, 6) is 0.858. The van der Waals surface area contributed by atoms with Crippen molar-refractivity contribution in [2.75, 3.05) is 0 Å². The van der Waals surface area contributed by atoms with Gasteiger partial charge < -0.3 is 10.3 Å². The van der Waals surface area contributed by atoms with Gasteiger partial charge in [0.1, 0.15) is 11.7 Å². The molecule has 0 unspecified atom stereocenters. The highest BCUT2D eigenvalue weighted by molar-refractivity contribution is 7.91. The van der Waals surface area contributed by atoms with Gasteiger partial charge in [-0.2, -0.15) is 0 Å². The van der Waals surface area contributed by atoms with Crippen molar-refractivity contribution in [3.63, 3.8) is 0 Å². The first-order valence-corrected chi connectivity index (χ1v) is 10.5. The first-order valence-electron chi connectivity index (χ1n) is 9.05. The van der Waals surface area contributed by atoms with Crippen LogP contribution in [0.3, 0.4) is 0 Å². The maximum absolute atomic E-state index is 12.9. The molecule has 0 spiro atoms. The van der Waals surface area contributed by atoms with Crippen LogP contribution in [0.15, 0.2) is 82.6 Å². The van der Waals surface area contributed by atoms with Crippen molar-refractivity contribution in [1.29, 1.82) is 5.41 Å². The van der Waals surface area contributed by atoms with Gasteiger partial charge in [-0.25, -0.2) is 13.4 Å². The molecule has 0 bridgehead atoms. The van der Waals surface area contributed by atoms with Gasteiger partial charge in [0, 0.05) is 19.0 Å². The van der Waals surface area contributed by atoms with E-state index in [2.05, 4.69) is 4.98 Å². The molecule has 0 saturated carbocycles. The van der Waals surface area contributed by atoms with Gasteiger partial charge in [-0.3, -0.25) is 5.41 Å². The molecule has 0 saturated heterocycles. The Morgan fingerprint density at radius 3 is 2.34 bits per heavy atom. The van der Waals surface area contributed by atoms with Gasteiger partial charge in [0.2, 0.25) is 9.84 Å². The van der Waals surface area contributed by atoms with Crippen LogP contribution in [0.5, 0.6) is 0 Å². The molecule has 7 heteroatoms. The number of aromatic nitrogens is 2. The molecular formula is C22H20N4O2S. The zero-order valence-electron chi connectivity index (χ0n) is 15.8. The predicted octanol–water partition coefficient (Wildman–Crippen LogP) is 3.28. The number of nitrogen functional groups attached to an aromatic ring is 1. The Labute approximate surface area is 169 Å². The van der Waals surface area contributed by atoms with Crippen LogP contribution in [-0.2, 0) is 23.3 Å². The number of amidine groups is 1. The minimum absolute atomic E-state index is 0.0337. The summed E-state index contributed by atoms with van der Waals surface area (Å²) in [6.45, 7) is 0. The van der Waals surface area contributed by atoms with E-state index < -0.39 is 9.84 Å². The maximum atomic E-state index is 12.9. The number of nitrogens with two attached hydrogens (primary N) is 1. The molecule has 0 fully saturated rings. The van der Waals surface area contributed by atoms with E-state index in [-0.39, 0.29) is 15.6 Å². The van der Waals surface area contributed by atoms with Crippen LogP contribution in [0.25, 0.3) is 11.0 Å².